The van der Waals surface area contributed by atoms with Crippen molar-refractivity contribution >= 4 is 17.9 Å². The van der Waals surface area contributed by atoms with Crippen LogP contribution < -0.4 is 16.0 Å². The first kappa shape index (κ1) is 20.2. The van der Waals surface area contributed by atoms with Gasteiger partial charge in [-0.2, -0.15) is 0 Å². The molecule has 8 nitrogen and oxygen atoms in total. The van der Waals surface area contributed by atoms with Crippen molar-refractivity contribution in [1.82, 2.24) is 20.9 Å². The summed E-state index contributed by atoms with van der Waals surface area (Å²) in [5.41, 5.74) is -0.781. The molecule has 1 fully saturated rings. The van der Waals surface area contributed by atoms with Crippen LogP contribution in [0, 0.1) is 0 Å². The van der Waals surface area contributed by atoms with Crippen LogP contribution in [-0.4, -0.2) is 66.2 Å². The number of imide groups is 1. The largest absolute Gasteiger partial charge is 0.388 e. The van der Waals surface area contributed by atoms with Gasteiger partial charge in [-0.15, -0.1) is 0 Å². The number of carbonyl (C=O) groups is 2. The van der Waals surface area contributed by atoms with Gasteiger partial charge in [0.2, 0.25) is 5.91 Å². The van der Waals surface area contributed by atoms with Gasteiger partial charge in [-0.05, 0) is 19.8 Å². The Labute approximate surface area is 144 Å². The lowest BCUT2D eigenvalue weighted by Gasteiger charge is -2.26. The monoisotopic (exact) mass is 341 g/mol. The Bertz CT molecular complexity index is 431. The number of hydrogen-bond donors (Lipinski definition) is 4. The molecule has 1 heterocycles. The van der Waals surface area contributed by atoms with Gasteiger partial charge < -0.3 is 21.1 Å². The van der Waals surface area contributed by atoms with Crippen molar-refractivity contribution in [3.63, 3.8) is 0 Å². The Morgan fingerprint density at radius 1 is 1.25 bits per heavy atom. The van der Waals surface area contributed by atoms with Gasteiger partial charge in [-0.1, -0.05) is 26.7 Å². The van der Waals surface area contributed by atoms with Crippen molar-refractivity contribution in [3.8, 4) is 0 Å². The zero-order valence-corrected chi connectivity index (χ0v) is 15.0. The van der Waals surface area contributed by atoms with E-state index in [9.17, 15) is 14.7 Å². The zero-order chi connectivity index (χ0) is 18.0. The Morgan fingerprint density at radius 3 is 2.42 bits per heavy atom. The standard InChI is InChI=1S/C16H31N5O3/c1-4-7-16(24,8-5-2)12-20-14(17-6-3)18-9-10-21-13(22)11-19-15(21)23/h24H,4-12H2,1-3H3,(H,19,23)(H2,17,18,20). The van der Waals surface area contributed by atoms with Gasteiger partial charge in [0.05, 0.1) is 18.7 Å². The molecule has 0 unspecified atom stereocenters. The SMILES string of the molecule is CCCC(O)(CCC)CN=C(NCC)NCCN1C(=O)CNC1=O. The van der Waals surface area contributed by atoms with Crippen LogP contribution in [0.3, 0.4) is 0 Å². The number of aliphatic hydroxyl groups is 1. The number of aliphatic imine (C=N–C) groups is 1. The van der Waals surface area contributed by atoms with Crippen LogP contribution in [0.15, 0.2) is 4.99 Å². The van der Waals surface area contributed by atoms with Crippen LogP contribution in [0.5, 0.6) is 0 Å². The average molecular weight is 341 g/mol. The molecule has 0 radical (unpaired) electrons. The highest BCUT2D eigenvalue weighted by atomic mass is 16.3. The average Bonchev–Trinajstić information content (AvgIpc) is 2.85. The Morgan fingerprint density at radius 2 is 1.92 bits per heavy atom. The molecule has 0 bridgehead atoms. The lowest BCUT2D eigenvalue weighted by molar-refractivity contribution is -0.124. The maximum Gasteiger partial charge on any atom is 0.324 e. The van der Waals surface area contributed by atoms with E-state index in [0.29, 0.717) is 38.4 Å². The van der Waals surface area contributed by atoms with Crippen LogP contribution in [0.25, 0.3) is 0 Å². The predicted octanol–water partition coefficient (Wildman–Crippen LogP) is 0.425. The number of carbonyl (C=O) groups excluding carboxylic acids is 2. The van der Waals surface area contributed by atoms with Crippen molar-refractivity contribution in [3.05, 3.63) is 0 Å². The zero-order valence-electron chi connectivity index (χ0n) is 15.0. The Hall–Kier alpha value is -1.83. The van der Waals surface area contributed by atoms with E-state index < -0.39 is 5.60 Å². The van der Waals surface area contributed by atoms with Gasteiger partial charge in [0.15, 0.2) is 5.96 Å². The number of guanidine groups is 1. The van der Waals surface area contributed by atoms with Crippen LogP contribution >= 0.6 is 0 Å². The van der Waals surface area contributed by atoms with Gasteiger partial charge in [0.25, 0.3) is 0 Å². The second kappa shape index (κ2) is 10.1. The number of nitrogens with one attached hydrogen (secondary N) is 3. The number of rotatable bonds is 10. The number of hydrogen-bond acceptors (Lipinski definition) is 4. The molecule has 0 saturated carbocycles. The second-order valence-corrected chi connectivity index (χ2v) is 6.05. The molecule has 0 aromatic carbocycles. The van der Waals surface area contributed by atoms with E-state index in [4.69, 9.17) is 0 Å². The maximum atomic E-state index is 11.5. The lowest BCUT2D eigenvalue weighted by Crippen LogP contribution is -2.44. The van der Waals surface area contributed by atoms with Crippen molar-refractivity contribution in [1.29, 1.82) is 0 Å². The van der Waals surface area contributed by atoms with E-state index >= 15 is 0 Å². The van der Waals surface area contributed by atoms with Crippen molar-refractivity contribution in [2.45, 2.75) is 52.1 Å². The molecule has 0 spiro atoms. The summed E-state index contributed by atoms with van der Waals surface area (Å²) in [5.74, 6) is 0.360. The minimum Gasteiger partial charge on any atom is -0.388 e. The summed E-state index contributed by atoms with van der Waals surface area (Å²) >= 11 is 0. The molecule has 3 amide bonds. The molecule has 1 rings (SSSR count). The van der Waals surface area contributed by atoms with Crippen LogP contribution in [-0.2, 0) is 4.79 Å². The molecule has 0 atom stereocenters. The third-order valence-electron chi connectivity index (χ3n) is 3.87. The quantitative estimate of drug-likeness (QED) is 0.262. The van der Waals surface area contributed by atoms with Crippen LogP contribution in [0.2, 0.25) is 0 Å². The summed E-state index contributed by atoms with van der Waals surface area (Å²) in [7, 11) is 0. The topological polar surface area (TPSA) is 106 Å². The minimum atomic E-state index is -0.781. The molecule has 0 aliphatic carbocycles. The van der Waals surface area contributed by atoms with E-state index in [1.807, 2.05) is 20.8 Å². The lowest BCUT2D eigenvalue weighted by atomic mass is 9.93. The molecular formula is C16H31N5O3. The summed E-state index contributed by atoms with van der Waals surface area (Å²) in [4.78, 5) is 28.6. The first-order valence-electron chi connectivity index (χ1n) is 8.78. The number of nitrogens with zero attached hydrogens (tertiary/aromatic N) is 2. The molecule has 0 aromatic rings. The smallest absolute Gasteiger partial charge is 0.324 e. The fraction of sp³-hybridized carbons (Fsp3) is 0.812. The van der Waals surface area contributed by atoms with Crippen LogP contribution in [0.1, 0.15) is 46.5 Å². The predicted molar refractivity (Wildman–Crippen MR) is 93.9 cm³/mol. The van der Waals surface area contributed by atoms with E-state index in [-0.39, 0.29) is 25.0 Å². The number of amides is 3. The molecule has 1 aliphatic heterocycles. The molecule has 4 N–H and O–H groups in total. The highest BCUT2D eigenvalue weighted by molar-refractivity contribution is 6.01. The summed E-state index contributed by atoms with van der Waals surface area (Å²) < 4.78 is 0. The van der Waals surface area contributed by atoms with Gasteiger partial charge >= 0.3 is 6.03 Å². The van der Waals surface area contributed by atoms with Crippen molar-refractivity contribution < 1.29 is 14.7 Å². The van der Waals surface area contributed by atoms with Crippen molar-refractivity contribution in [2.24, 2.45) is 4.99 Å². The van der Waals surface area contributed by atoms with E-state index in [0.717, 1.165) is 12.8 Å². The summed E-state index contributed by atoms with van der Waals surface area (Å²) in [6.07, 6.45) is 3.24. The van der Waals surface area contributed by atoms with Gasteiger partial charge in [0.1, 0.15) is 0 Å². The van der Waals surface area contributed by atoms with Crippen LogP contribution in [0.4, 0.5) is 4.79 Å². The molecule has 24 heavy (non-hydrogen) atoms. The van der Waals surface area contributed by atoms with Gasteiger partial charge in [-0.25, -0.2) is 4.79 Å². The molecule has 8 heteroatoms. The highest BCUT2D eigenvalue weighted by Gasteiger charge is 2.28. The molecule has 138 valence electrons. The third kappa shape index (κ3) is 6.35. The van der Waals surface area contributed by atoms with Gasteiger partial charge in [0, 0.05) is 19.6 Å². The highest BCUT2D eigenvalue weighted by Crippen LogP contribution is 2.19. The maximum absolute atomic E-state index is 11.5. The molecule has 1 aliphatic rings. The van der Waals surface area contributed by atoms with Gasteiger partial charge in [-0.3, -0.25) is 14.7 Å². The third-order valence-corrected chi connectivity index (χ3v) is 3.87. The normalized spacial score (nSPS) is 15.7. The summed E-state index contributed by atoms with van der Waals surface area (Å²) in [6.45, 7) is 7.82. The van der Waals surface area contributed by atoms with E-state index in [2.05, 4.69) is 20.9 Å². The first-order valence-corrected chi connectivity index (χ1v) is 8.78. The van der Waals surface area contributed by atoms with E-state index in [1.165, 1.54) is 4.90 Å². The van der Waals surface area contributed by atoms with Crippen molar-refractivity contribution in [2.75, 3.05) is 32.7 Å². The fourth-order valence-electron chi connectivity index (χ4n) is 2.75. The molecule has 0 aromatic heterocycles. The fourth-order valence-corrected chi connectivity index (χ4v) is 2.75. The second-order valence-electron chi connectivity index (χ2n) is 6.05. The van der Waals surface area contributed by atoms with E-state index in [1.54, 1.807) is 0 Å². The summed E-state index contributed by atoms with van der Waals surface area (Å²) in [5, 5.41) is 19.3. The number of urea groups is 1. The Balaban J connectivity index is 2.55. The summed E-state index contributed by atoms with van der Waals surface area (Å²) in [6, 6.07) is -0.357. The molecule has 1 saturated heterocycles. The minimum absolute atomic E-state index is 0.0635. The molecular weight excluding hydrogens is 310 g/mol. The Kier molecular flexibility index (Phi) is 8.53. The first-order chi connectivity index (χ1) is 11.5.